The molecule has 0 aliphatic heterocycles. The molecule has 72 valence electrons. The maximum absolute atomic E-state index is 5.11. The third-order valence-corrected chi connectivity index (χ3v) is 3.16. The van der Waals surface area contributed by atoms with Crippen LogP contribution in [0.15, 0.2) is 0 Å². The zero-order chi connectivity index (χ0) is 9.26. The van der Waals surface area contributed by atoms with Crippen LogP contribution < -0.4 is 0 Å². The van der Waals surface area contributed by atoms with Crippen molar-refractivity contribution in [1.82, 2.24) is 9.97 Å². The topological polar surface area (TPSA) is 31.6 Å². The Bertz CT molecular complexity index is 331. The summed E-state index contributed by atoms with van der Waals surface area (Å²) in [5.74, 6) is 0.739. The predicted molar refractivity (Wildman–Crippen MR) is 56.6 cm³/mol. The lowest BCUT2D eigenvalue weighted by Gasteiger charge is -2.07. The minimum Gasteiger partial charge on any atom is -0.334 e. The summed E-state index contributed by atoms with van der Waals surface area (Å²) < 4.78 is 0.791. The summed E-state index contributed by atoms with van der Waals surface area (Å²) >= 11 is 5.11. The Morgan fingerprint density at radius 1 is 1.31 bits per heavy atom. The Labute approximate surface area is 83.8 Å². The summed E-state index contributed by atoms with van der Waals surface area (Å²) in [7, 11) is 0. The zero-order valence-electron chi connectivity index (χ0n) is 8.02. The van der Waals surface area contributed by atoms with Crippen LogP contribution in [0.25, 0.3) is 0 Å². The van der Waals surface area contributed by atoms with Crippen molar-refractivity contribution in [2.24, 2.45) is 0 Å². The van der Waals surface area contributed by atoms with Crippen molar-refractivity contribution in [3.8, 4) is 0 Å². The lowest BCUT2D eigenvalue weighted by atomic mass is 10.0. The number of aryl methyl sites for hydroxylation is 1. The third-order valence-electron chi connectivity index (χ3n) is 2.95. The molecule has 0 saturated heterocycles. The number of aromatic amines is 2. The second-order valence-electron chi connectivity index (χ2n) is 3.81. The fraction of sp³-hybridized carbons (Fsp3) is 0.700. The number of H-pyrrole nitrogens is 2. The van der Waals surface area contributed by atoms with Crippen LogP contribution in [0.1, 0.15) is 49.9 Å². The van der Waals surface area contributed by atoms with Crippen LogP contribution in [0.2, 0.25) is 0 Å². The van der Waals surface area contributed by atoms with Gasteiger partial charge in [-0.15, -0.1) is 0 Å². The van der Waals surface area contributed by atoms with Crippen LogP contribution in [0.5, 0.6) is 0 Å². The highest BCUT2D eigenvalue weighted by molar-refractivity contribution is 7.71. The van der Waals surface area contributed by atoms with E-state index in [2.05, 4.69) is 16.9 Å². The molecule has 0 spiro atoms. The largest absolute Gasteiger partial charge is 0.334 e. The Balaban J connectivity index is 2.31. The first-order chi connectivity index (χ1) is 6.31. The van der Waals surface area contributed by atoms with Crippen molar-refractivity contribution < 1.29 is 0 Å². The van der Waals surface area contributed by atoms with Crippen molar-refractivity contribution in [3.63, 3.8) is 0 Å². The van der Waals surface area contributed by atoms with Gasteiger partial charge in [0.15, 0.2) is 4.77 Å². The van der Waals surface area contributed by atoms with Gasteiger partial charge in [0, 0.05) is 17.3 Å². The monoisotopic (exact) mass is 196 g/mol. The van der Waals surface area contributed by atoms with Gasteiger partial charge >= 0.3 is 0 Å². The third kappa shape index (κ3) is 1.70. The minimum absolute atomic E-state index is 0.739. The highest BCUT2D eigenvalue weighted by atomic mass is 32.1. The van der Waals surface area contributed by atoms with Crippen molar-refractivity contribution in [3.05, 3.63) is 16.2 Å². The minimum atomic E-state index is 0.739. The summed E-state index contributed by atoms with van der Waals surface area (Å²) in [6, 6.07) is 0. The van der Waals surface area contributed by atoms with Gasteiger partial charge < -0.3 is 9.97 Å². The van der Waals surface area contributed by atoms with Gasteiger partial charge in [-0.1, -0.05) is 19.8 Å². The van der Waals surface area contributed by atoms with Crippen LogP contribution in [-0.4, -0.2) is 9.97 Å². The summed E-state index contributed by atoms with van der Waals surface area (Å²) in [5, 5.41) is 0. The number of rotatable bonds is 2. The summed E-state index contributed by atoms with van der Waals surface area (Å²) in [5.41, 5.74) is 2.70. The molecule has 1 aliphatic rings. The highest BCUT2D eigenvalue weighted by Gasteiger charge is 2.20. The van der Waals surface area contributed by atoms with Crippen molar-refractivity contribution in [1.29, 1.82) is 0 Å². The Morgan fingerprint density at radius 3 is 2.62 bits per heavy atom. The molecule has 2 rings (SSSR count). The summed E-state index contributed by atoms with van der Waals surface area (Å²) in [6.45, 7) is 2.17. The Morgan fingerprint density at radius 2 is 2.00 bits per heavy atom. The number of aromatic nitrogens is 2. The molecule has 1 saturated carbocycles. The summed E-state index contributed by atoms with van der Waals surface area (Å²) in [4.78, 5) is 6.53. The second kappa shape index (κ2) is 3.66. The molecular formula is C10H16N2S. The molecule has 0 aromatic carbocycles. The molecular weight excluding hydrogens is 180 g/mol. The first-order valence-corrected chi connectivity index (χ1v) is 5.53. The number of hydrogen-bond donors (Lipinski definition) is 2. The molecule has 0 amide bonds. The van der Waals surface area contributed by atoms with E-state index in [1.807, 2.05) is 0 Å². The Kier molecular flexibility index (Phi) is 2.54. The number of nitrogens with one attached hydrogen (secondary N) is 2. The van der Waals surface area contributed by atoms with Gasteiger partial charge in [-0.25, -0.2) is 0 Å². The van der Waals surface area contributed by atoms with Crippen molar-refractivity contribution in [2.45, 2.75) is 44.9 Å². The highest BCUT2D eigenvalue weighted by Crippen LogP contribution is 2.34. The summed E-state index contributed by atoms with van der Waals surface area (Å²) in [6.07, 6.45) is 6.46. The molecule has 2 N–H and O–H groups in total. The average molecular weight is 196 g/mol. The average Bonchev–Trinajstić information content (AvgIpc) is 2.71. The van der Waals surface area contributed by atoms with Gasteiger partial charge in [-0.3, -0.25) is 0 Å². The van der Waals surface area contributed by atoms with Crippen molar-refractivity contribution in [2.75, 3.05) is 0 Å². The second-order valence-corrected chi connectivity index (χ2v) is 4.21. The number of hydrogen-bond acceptors (Lipinski definition) is 1. The van der Waals surface area contributed by atoms with Gasteiger partial charge in [-0.05, 0) is 31.5 Å². The molecule has 0 bridgehead atoms. The molecule has 0 atom stereocenters. The van der Waals surface area contributed by atoms with Crippen LogP contribution in [0, 0.1) is 4.77 Å². The van der Waals surface area contributed by atoms with E-state index in [-0.39, 0.29) is 0 Å². The quantitative estimate of drug-likeness (QED) is 0.699. The smallest absolute Gasteiger partial charge is 0.174 e. The van der Waals surface area contributed by atoms with E-state index in [0.717, 1.165) is 17.1 Å². The van der Waals surface area contributed by atoms with Gasteiger partial charge in [0.2, 0.25) is 0 Å². The van der Waals surface area contributed by atoms with Gasteiger partial charge in [0.05, 0.1) is 0 Å². The molecule has 3 heteroatoms. The molecule has 1 aliphatic carbocycles. The van der Waals surface area contributed by atoms with Gasteiger partial charge in [0.1, 0.15) is 0 Å². The maximum atomic E-state index is 5.11. The normalized spacial score (nSPS) is 18.2. The Hall–Kier alpha value is -0.570. The van der Waals surface area contributed by atoms with E-state index in [9.17, 15) is 0 Å². The van der Waals surface area contributed by atoms with E-state index >= 15 is 0 Å². The van der Waals surface area contributed by atoms with Gasteiger partial charge in [0.25, 0.3) is 0 Å². The SMILES string of the molecule is CCc1[nH]c(=S)[nH]c1C1CCCC1. The lowest BCUT2D eigenvalue weighted by molar-refractivity contribution is 0.691. The first kappa shape index (κ1) is 9.00. The fourth-order valence-corrected chi connectivity index (χ4v) is 2.51. The van der Waals surface area contributed by atoms with E-state index in [1.54, 1.807) is 0 Å². The first-order valence-electron chi connectivity index (χ1n) is 5.12. The predicted octanol–water partition coefficient (Wildman–Crippen LogP) is 3.29. The fourth-order valence-electron chi connectivity index (χ4n) is 2.28. The van der Waals surface area contributed by atoms with Gasteiger partial charge in [-0.2, -0.15) is 0 Å². The van der Waals surface area contributed by atoms with E-state index in [1.165, 1.54) is 37.1 Å². The van der Waals surface area contributed by atoms with E-state index in [4.69, 9.17) is 12.2 Å². The molecule has 1 heterocycles. The number of imidazole rings is 1. The zero-order valence-corrected chi connectivity index (χ0v) is 8.84. The molecule has 13 heavy (non-hydrogen) atoms. The molecule has 1 aromatic rings. The molecule has 2 nitrogen and oxygen atoms in total. The standard InChI is InChI=1S/C10H16N2S/c1-2-8-9(12-10(13)11-8)7-5-3-4-6-7/h7H,2-6H2,1H3,(H2,11,12,13). The van der Waals surface area contributed by atoms with E-state index < -0.39 is 0 Å². The molecule has 0 radical (unpaired) electrons. The maximum Gasteiger partial charge on any atom is 0.174 e. The molecule has 1 fully saturated rings. The van der Waals surface area contributed by atoms with Crippen LogP contribution in [0.3, 0.4) is 0 Å². The lowest BCUT2D eigenvalue weighted by Crippen LogP contribution is -1.97. The van der Waals surface area contributed by atoms with Crippen LogP contribution in [-0.2, 0) is 6.42 Å². The molecule has 0 unspecified atom stereocenters. The van der Waals surface area contributed by atoms with Crippen molar-refractivity contribution >= 4 is 12.2 Å². The van der Waals surface area contributed by atoms with Crippen LogP contribution in [0.4, 0.5) is 0 Å². The molecule has 1 aromatic heterocycles. The van der Waals surface area contributed by atoms with Crippen LogP contribution >= 0.6 is 12.2 Å². The van der Waals surface area contributed by atoms with E-state index in [0.29, 0.717) is 0 Å².